The highest BCUT2D eigenvalue weighted by molar-refractivity contribution is 5.46. The Bertz CT molecular complexity index is 334. The van der Waals surface area contributed by atoms with Crippen LogP contribution in [-0.2, 0) is 0 Å². The van der Waals surface area contributed by atoms with Crippen molar-refractivity contribution in [1.82, 2.24) is 10.3 Å². The number of anilines is 1. The van der Waals surface area contributed by atoms with Crippen LogP contribution in [0.4, 0.5) is 5.69 Å². The smallest absolute Gasteiger partial charge is 0.0556 e. The average molecular weight is 219 g/mol. The quantitative estimate of drug-likeness (QED) is 0.825. The highest BCUT2D eigenvalue weighted by Gasteiger charge is 2.31. The van der Waals surface area contributed by atoms with Crippen molar-refractivity contribution in [3.63, 3.8) is 0 Å². The number of hydrogen-bond acceptors (Lipinski definition) is 3. The molecule has 3 nitrogen and oxygen atoms in total. The molecule has 0 spiro atoms. The van der Waals surface area contributed by atoms with E-state index < -0.39 is 0 Å². The van der Waals surface area contributed by atoms with Crippen LogP contribution in [0.15, 0.2) is 24.5 Å². The molecule has 3 heteroatoms. The minimum absolute atomic E-state index is 0.182. The maximum absolute atomic E-state index is 4.21. The first-order chi connectivity index (χ1) is 7.62. The lowest BCUT2D eigenvalue weighted by atomic mass is 9.97. The van der Waals surface area contributed by atoms with E-state index in [1.54, 1.807) is 0 Å². The first-order valence-electron chi connectivity index (χ1n) is 6.04. The highest BCUT2D eigenvalue weighted by atomic mass is 15.3. The Morgan fingerprint density at radius 1 is 1.56 bits per heavy atom. The van der Waals surface area contributed by atoms with Gasteiger partial charge >= 0.3 is 0 Å². The Kier molecular flexibility index (Phi) is 3.15. The summed E-state index contributed by atoms with van der Waals surface area (Å²) in [6.45, 7) is 8.84. The molecule has 88 valence electrons. The fourth-order valence-corrected chi connectivity index (χ4v) is 2.31. The molecule has 1 aromatic rings. The second-order valence-electron chi connectivity index (χ2n) is 5.17. The first kappa shape index (κ1) is 11.4. The van der Waals surface area contributed by atoms with Gasteiger partial charge in [-0.15, -0.1) is 0 Å². The minimum Gasteiger partial charge on any atom is -0.364 e. The van der Waals surface area contributed by atoms with E-state index in [1.807, 2.05) is 18.5 Å². The number of piperazine rings is 1. The van der Waals surface area contributed by atoms with Gasteiger partial charge < -0.3 is 10.2 Å². The van der Waals surface area contributed by atoms with Crippen LogP contribution in [0, 0.1) is 0 Å². The van der Waals surface area contributed by atoms with Gasteiger partial charge in [-0.2, -0.15) is 0 Å². The van der Waals surface area contributed by atoms with Crippen LogP contribution in [0.1, 0.15) is 27.2 Å². The summed E-state index contributed by atoms with van der Waals surface area (Å²) in [6.07, 6.45) is 4.96. The second-order valence-corrected chi connectivity index (χ2v) is 5.17. The third kappa shape index (κ3) is 2.35. The topological polar surface area (TPSA) is 28.2 Å². The lowest BCUT2D eigenvalue weighted by Gasteiger charge is -2.45. The van der Waals surface area contributed by atoms with Gasteiger partial charge in [0.05, 0.1) is 11.9 Å². The summed E-state index contributed by atoms with van der Waals surface area (Å²) < 4.78 is 0. The van der Waals surface area contributed by atoms with Gasteiger partial charge in [0.1, 0.15) is 0 Å². The molecule has 1 unspecified atom stereocenters. The summed E-state index contributed by atoms with van der Waals surface area (Å²) in [7, 11) is 0. The van der Waals surface area contributed by atoms with E-state index in [1.165, 1.54) is 5.69 Å². The van der Waals surface area contributed by atoms with E-state index >= 15 is 0 Å². The predicted molar refractivity (Wildman–Crippen MR) is 67.7 cm³/mol. The summed E-state index contributed by atoms with van der Waals surface area (Å²) in [5.41, 5.74) is 1.42. The normalized spacial score (nSPS) is 24.4. The zero-order valence-corrected chi connectivity index (χ0v) is 10.4. The van der Waals surface area contributed by atoms with Gasteiger partial charge in [-0.05, 0) is 32.4 Å². The molecule has 1 N–H and O–H groups in total. The van der Waals surface area contributed by atoms with Crippen LogP contribution in [-0.4, -0.2) is 29.7 Å². The molecule has 0 saturated carbocycles. The van der Waals surface area contributed by atoms with Crippen molar-refractivity contribution in [3.8, 4) is 0 Å². The van der Waals surface area contributed by atoms with Gasteiger partial charge in [0, 0.05) is 30.9 Å². The molecule has 1 aromatic heterocycles. The van der Waals surface area contributed by atoms with E-state index in [-0.39, 0.29) is 5.54 Å². The Morgan fingerprint density at radius 3 is 3.00 bits per heavy atom. The second kappa shape index (κ2) is 4.42. The Morgan fingerprint density at radius 2 is 2.38 bits per heavy atom. The molecule has 2 heterocycles. The first-order valence-corrected chi connectivity index (χ1v) is 6.04. The van der Waals surface area contributed by atoms with E-state index in [0.29, 0.717) is 6.04 Å². The Labute approximate surface area is 97.9 Å². The maximum atomic E-state index is 4.21. The summed E-state index contributed by atoms with van der Waals surface area (Å²) >= 11 is 0. The van der Waals surface area contributed by atoms with Crippen molar-refractivity contribution in [2.24, 2.45) is 0 Å². The van der Waals surface area contributed by atoms with E-state index in [9.17, 15) is 0 Å². The van der Waals surface area contributed by atoms with Gasteiger partial charge in [0.15, 0.2) is 0 Å². The van der Waals surface area contributed by atoms with E-state index in [0.717, 1.165) is 19.5 Å². The van der Waals surface area contributed by atoms with Crippen LogP contribution < -0.4 is 10.2 Å². The Hall–Kier alpha value is -1.09. The standard InChI is InChI=1S/C13H21N3/c1-4-11-9-15-13(2,3)10-16(11)12-6-5-7-14-8-12/h5-8,11,15H,4,9-10H2,1-3H3. The van der Waals surface area contributed by atoms with Crippen molar-refractivity contribution < 1.29 is 0 Å². The maximum Gasteiger partial charge on any atom is 0.0556 e. The lowest BCUT2D eigenvalue weighted by Crippen LogP contribution is -2.61. The number of hydrogen-bond donors (Lipinski definition) is 1. The van der Waals surface area contributed by atoms with Crippen LogP contribution in [0.25, 0.3) is 0 Å². The molecular weight excluding hydrogens is 198 g/mol. The molecule has 0 aromatic carbocycles. The Balaban J connectivity index is 2.22. The molecule has 16 heavy (non-hydrogen) atoms. The monoisotopic (exact) mass is 219 g/mol. The van der Waals surface area contributed by atoms with Gasteiger partial charge in [-0.1, -0.05) is 6.92 Å². The van der Waals surface area contributed by atoms with Crippen molar-refractivity contribution in [1.29, 1.82) is 0 Å². The SMILES string of the molecule is CCC1CNC(C)(C)CN1c1cccnc1. The zero-order chi connectivity index (χ0) is 11.6. The van der Waals surface area contributed by atoms with Crippen LogP contribution in [0.2, 0.25) is 0 Å². The molecular formula is C13H21N3. The minimum atomic E-state index is 0.182. The van der Waals surface area contributed by atoms with E-state index in [4.69, 9.17) is 0 Å². The fraction of sp³-hybridized carbons (Fsp3) is 0.615. The van der Waals surface area contributed by atoms with Crippen LogP contribution in [0.3, 0.4) is 0 Å². The summed E-state index contributed by atoms with van der Waals surface area (Å²) in [4.78, 5) is 6.69. The third-order valence-electron chi connectivity index (χ3n) is 3.27. The largest absolute Gasteiger partial charge is 0.364 e. The van der Waals surface area contributed by atoms with Crippen LogP contribution in [0.5, 0.6) is 0 Å². The number of nitrogens with zero attached hydrogens (tertiary/aromatic N) is 2. The zero-order valence-electron chi connectivity index (χ0n) is 10.4. The van der Waals surface area contributed by atoms with Crippen LogP contribution >= 0.6 is 0 Å². The molecule has 2 rings (SSSR count). The van der Waals surface area contributed by atoms with Crippen molar-refractivity contribution in [2.45, 2.75) is 38.8 Å². The lowest BCUT2D eigenvalue weighted by molar-refractivity contribution is 0.306. The van der Waals surface area contributed by atoms with Crippen molar-refractivity contribution in [3.05, 3.63) is 24.5 Å². The summed E-state index contributed by atoms with van der Waals surface area (Å²) in [5, 5.41) is 3.60. The average Bonchev–Trinajstić information content (AvgIpc) is 2.29. The molecule has 1 aliphatic rings. The molecule has 1 fully saturated rings. The number of aromatic nitrogens is 1. The molecule has 1 saturated heterocycles. The van der Waals surface area contributed by atoms with Crippen molar-refractivity contribution in [2.75, 3.05) is 18.0 Å². The summed E-state index contributed by atoms with van der Waals surface area (Å²) in [6, 6.07) is 4.74. The van der Waals surface area contributed by atoms with Gasteiger partial charge in [0.25, 0.3) is 0 Å². The number of nitrogens with one attached hydrogen (secondary N) is 1. The molecule has 0 bridgehead atoms. The van der Waals surface area contributed by atoms with Crippen molar-refractivity contribution >= 4 is 5.69 Å². The molecule has 0 aliphatic carbocycles. The van der Waals surface area contributed by atoms with Gasteiger partial charge in [-0.3, -0.25) is 4.98 Å². The fourth-order valence-electron chi connectivity index (χ4n) is 2.31. The molecule has 1 aliphatic heterocycles. The highest BCUT2D eigenvalue weighted by Crippen LogP contribution is 2.23. The predicted octanol–water partition coefficient (Wildman–Crippen LogP) is 2.05. The van der Waals surface area contributed by atoms with E-state index in [2.05, 4.69) is 42.0 Å². The molecule has 0 radical (unpaired) electrons. The third-order valence-corrected chi connectivity index (χ3v) is 3.27. The summed E-state index contributed by atoms with van der Waals surface area (Å²) in [5.74, 6) is 0. The molecule has 0 amide bonds. The van der Waals surface area contributed by atoms with Gasteiger partial charge in [0.2, 0.25) is 0 Å². The number of pyridine rings is 1. The molecule has 1 atom stereocenters. The number of rotatable bonds is 2. The van der Waals surface area contributed by atoms with Gasteiger partial charge in [-0.25, -0.2) is 0 Å².